The maximum Gasteiger partial charge on any atom is 0.249 e. The van der Waals surface area contributed by atoms with Crippen LogP contribution in [-0.2, 0) is 31.6 Å². The van der Waals surface area contributed by atoms with Gasteiger partial charge in [0.2, 0.25) is 11.8 Å². The maximum absolute atomic E-state index is 12.7. The van der Waals surface area contributed by atoms with Crippen molar-refractivity contribution < 1.29 is 14.3 Å². The summed E-state index contributed by atoms with van der Waals surface area (Å²) in [7, 11) is 3.39. The van der Waals surface area contributed by atoms with E-state index in [0.717, 1.165) is 92.8 Å². The number of methoxy groups -OCH3 is 1. The summed E-state index contributed by atoms with van der Waals surface area (Å²) in [5, 5.41) is 6.18. The minimum absolute atomic E-state index is 0.000739. The number of nitrogens with one attached hydrogen (secondary N) is 4. The number of carbonyl (C=O) groups is 2. The summed E-state index contributed by atoms with van der Waals surface area (Å²) in [5.74, 6) is 1.95. The Morgan fingerprint density at radius 1 is 0.966 bits per heavy atom. The lowest BCUT2D eigenvalue weighted by molar-refractivity contribution is -0.136. The highest BCUT2D eigenvalue weighted by atomic mass is 16.5. The van der Waals surface area contributed by atoms with Crippen LogP contribution < -0.4 is 10.6 Å². The number of aromatic nitrogens is 4. The summed E-state index contributed by atoms with van der Waals surface area (Å²) < 4.78 is 5.12. The van der Waals surface area contributed by atoms with Gasteiger partial charge < -0.3 is 30.2 Å². The van der Waals surface area contributed by atoms with E-state index >= 15 is 0 Å². The molecule has 10 nitrogen and oxygen atoms in total. The van der Waals surface area contributed by atoms with Gasteiger partial charge in [-0.15, -0.1) is 13.2 Å². The Labute approximate surface area is 355 Å². The zero-order valence-corrected chi connectivity index (χ0v) is 37.6. The summed E-state index contributed by atoms with van der Waals surface area (Å²) >= 11 is 0. The fourth-order valence-electron chi connectivity index (χ4n) is 8.96. The number of carbonyl (C=O) groups excluding carboxylic acids is 2. The number of hydrogen-bond donors (Lipinski definition) is 4. The fourth-order valence-corrected chi connectivity index (χ4v) is 8.96. The Bertz CT molecular complexity index is 1760. The molecule has 1 aromatic carbocycles. The van der Waals surface area contributed by atoms with Crippen molar-refractivity contribution in [3.8, 4) is 11.3 Å². The van der Waals surface area contributed by atoms with Crippen molar-refractivity contribution in [1.29, 1.82) is 0 Å². The molecule has 59 heavy (non-hydrogen) atoms. The minimum Gasteiger partial charge on any atom is -0.375 e. The lowest BCUT2D eigenvalue weighted by Crippen LogP contribution is -2.46. The minimum atomic E-state index is -0.343. The summed E-state index contributed by atoms with van der Waals surface area (Å²) in [4.78, 5) is 43.9. The number of aryl methyl sites for hydroxylation is 1. The Kier molecular flexibility index (Phi) is 20.8. The first-order chi connectivity index (χ1) is 28.8. The number of H-pyrrole nitrogens is 2. The number of fused-ring (bicyclic) bond motifs is 3. The smallest absolute Gasteiger partial charge is 0.249 e. The van der Waals surface area contributed by atoms with Crippen molar-refractivity contribution in [3.63, 3.8) is 0 Å². The van der Waals surface area contributed by atoms with E-state index in [1.54, 1.807) is 7.11 Å². The molecular weight excluding hydrogens is 735 g/mol. The van der Waals surface area contributed by atoms with Gasteiger partial charge in [0.05, 0.1) is 17.9 Å². The molecule has 0 radical (unpaired) electrons. The van der Waals surface area contributed by atoms with Crippen molar-refractivity contribution >= 4 is 11.8 Å². The molecule has 1 saturated heterocycles. The van der Waals surface area contributed by atoms with Crippen LogP contribution in [-0.4, -0.2) is 76.5 Å². The molecule has 2 unspecified atom stereocenters. The first-order valence-corrected chi connectivity index (χ1v) is 22.1. The van der Waals surface area contributed by atoms with Crippen molar-refractivity contribution in [2.75, 3.05) is 33.9 Å². The van der Waals surface area contributed by atoms with E-state index in [1.165, 1.54) is 30.5 Å². The second-order valence-electron chi connectivity index (χ2n) is 15.5. The number of unbranched alkanes of at least 4 members (excludes halogenated alkanes) is 1. The van der Waals surface area contributed by atoms with Gasteiger partial charge in [-0.1, -0.05) is 75.4 Å². The number of aromatic amines is 2. The van der Waals surface area contributed by atoms with Crippen LogP contribution >= 0.6 is 0 Å². The highest BCUT2D eigenvalue weighted by molar-refractivity contribution is 5.85. The Morgan fingerprint density at radius 3 is 2.22 bits per heavy atom. The van der Waals surface area contributed by atoms with E-state index in [1.807, 2.05) is 71.0 Å². The number of ether oxygens (including phenoxy) is 1. The van der Waals surface area contributed by atoms with Gasteiger partial charge in [-0.25, -0.2) is 9.97 Å². The van der Waals surface area contributed by atoms with Gasteiger partial charge in [0.25, 0.3) is 0 Å². The average molecular weight is 810 g/mol. The monoisotopic (exact) mass is 810 g/mol. The Hall–Kier alpha value is -4.54. The van der Waals surface area contributed by atoms with Crippen LogP contribution in [0.5, 0.6) is 0 Å². The molecule has 2 bridgehead atoms. The second-order valence-corrected chi connectivity index (χ2v) is 15.5. The predicted octanol–water partition coefficient (Wildman–Crippen LogP) is 10.0. The quantitative estimate of drug-likeness (QED) is 0.0648. The summed E-state index contributed by atoms with van der Waals surface area (Å²) in [5.41, 5.74) is 6.27. The maximum atomic E-state index is 12.7. The van der Waals surface area contributed by atoms with Crippen molar-refractivity contribution in [3.05, 3.63) is 109 Å². The van der Waals surface area contributed by atoms with Crippen molar-refractivity contribution in [2.45, 2.75) is 142 Å². The third kappa shape index (κ3) is 12.5. The van der Waals surface area contributed by atoms with E-state index in [0.29, 0.717) is 6.54 Å². The molecule has 2 aromatic heterocycles. The van der Waals surface area contributed by atoms with Crippen LogP contribution in [0.1, 0.15) is 141 Å². The third-order valence-corrected chi connectivity index (χ3v) is 12.2. The molecule has 10 heteroatoms. The predicted molar refractivity (Wildman–Crippen MR) is 244 cm³/mol. The van der Waals surface area contributed by atoms with Crippen LogP contribution in [0.2, 0.25) is 0 Å². The summed E-state index contributed by atoms with van der Waals surface area (Å²) in [6, 6.07) is 8.85. The third-order valence-electron chi connectivity index (χ3n) is 12.2. The van der Waals surface area contributed by atoms with E-state index in [2.05, 4.69) is 88.3 Å². The zero-order chi connectivity index (χ0) is 43.3. The van der Waals surface area contributed by atoms with Crippen molar-refractivity contribution in [2.24, 2.45) is 0 Å². The van der Waals surface area contributed by atoms with E-state index < -0.39 is 0 Å². The first kappa shape index (κ1) is 48.8. The van der Waals surface area contributed by atoms with Gasteiger partial charge in [0, 0.05) is 43.9 Å². The van der Waals surface area contributed by atoms with E-state index in [-0.39, 0.29) is 41.3 Å². The molecular formula is C49H75N7O3. The second kappa shape index (κ2) is 25.2. The largest absolute Gasteiger partial charge is 0.375 e. The van der Waals surface area contributed by atoms with E-state index in [9.17, 15) is 9.59 Å². The van der Waals surface area contributed by atoms with Crippen LogP contribution in [0.25, 0.3) is 11.3 Å². The molecule has 2 amide bonds. The van der Waals surface area contributed by atoms with Crippen LogP contribution in [0.4, 0.5) is 0 Å². The fraction of sp³-hybridized carbons (Fsp3) is 0.551. The number of imidazole rings is 2. The molecule has 2 atom stereocenters. The highest BCUT2D eigenvalue weighted by Gasteiger charge is 2.51. The molecule has 3 heterocycles. The summed E-state index contributed by atoms with van der Waals surface area (Å²) in [6.07, 6.45) is 26.9. The lowest BCUT2D eigenvalue weighted by Gasteiger charge is -2.53. The molecule has 4 aliphatic rings. The number of hydrogen-bond acceptors (Lipinski definition) is 6. The highest BCUT2D eigenvalue weighted by Crippen LogP contribution is 2.58. The van der Waals surface area contributed by atoms with Crippen LogP contribution in [0.15, 0.2) is 85.8 Å². The van der Waals surface area contributed by atoms with Gasteiger partial charge in [0.15, 0.2) is 0 Å². The number of benzene rings is 1. The zero-order valence-electron chi connectivity index (χ0n) is 37.6. The molecule has 3 aliphatic carbocycles. The van der Waals surface area contributed by atoms with Gasteiger partial charge in [-0.05, 0) is 121 Å². The number of rotatable bonds is 16. The van der Waals surface area contributed by atoms with E-state index in [4.69, 9.17) is 9.72 Å². The summed E-state index contributed by atoms with van der Waals surface area (Å²) in [6.45, 7) is 19.6. The number of likely N-dealkylation sites (tertiary alicyclic amines) is 1. The lowest BCUT2D eigenvalue weighted by atomic mass is 9.51. The molecule has 1 aliphatic heterocycles. The molecule has 3 aromatic rings. The molecule has 3 saturated carbocycles. The van der Waals surface area contributed by atoms with Crippen molar-refractivity contribution in [1.82, 2.24) is 35.5 Å². The number of likely N-dealkylation sites (N-methyl/N-ethyl adjacent to an activating group) is 1. The molecule has 4 N–H and O–H groups in total. The average Bonchev–Trinajstić information content (AvgIpc) is 4.09. The van der Waals surface area contributed by atoms with Crippen LogP contribution in [0, 0.1) is 0 Å². The van der Waals surface area contributed by atoms with Gasteiger partial charge >= 0.3 is 0 Å². The molecule has 324 valence electrons. The SMILES string of the molecule is C/C=C\C(=C/C)C(NC)C(=O)NCCCCc1ncc(-c2ccc(C34CCC(c5cnc(C6CCCN6C(=O)COC)[nH]5)(CC3)CC4)cc2)[nH]1.C/C=C\CC.C=C.CC. The van der Waals surface area contributed by atoms with Gasteiger partial charge in [-0.3, -0.25) is 9.59 Å². The molecule has 7 rings (SSSR count). The number of amides is 2. The molecule has 4 fully saturated rings. The normalized spacial score (nSPS) is 21.6. The molecule has 0 spiro atoms. The van der Waals surface area contributed by atoms with Gasteiger partial charge in [0.1, 0.15) is 24.3 Å². The standard InChI is InChI=1S/C40H55N7O3.C5H10.C2H6.C2H4/c1-5-10-28(6-2)36(41-3)38(49)42-23-8-7-12-34-43-25-31(45-34)29-13-15-30(16-14-29)39-17-20-40(21-18-39,22-19-39)33-26-44-37(46-33)32-11-9-24-47(32)35(48)27-50-4;1-3-5-4-2;2*1-2/h5-6,10,13-16,25-26,32,36,41H,7-9,11-12,17-24,27H2,1-4H3,(H,42,49)(H,43,45)(H,44,46);3,5H,4H2,1-2H3;1-2H3;1-2H2/b10-5-,28-6+;5-3-;;. The Morgan fingerprint density at radius 2 is 1.64 bits per heavy atom. The Balaban J connectivity index is 0.000000949. The van der Waals surface area contributed by atoms with Gasteiger partial charge in [-0.2, -0.15) is 0 Å². The topological polar surface area (TPSA) is 128 Å². The number of allylic oxidation sites excluding steroid dienone is 4. The first-order valence-electron chi connectivity index (χ1n) is 22.1. The van der Waals surface area contributed by atoms with Crippen LogP contribution in [0.3, 0.4) is 0 Å². The number of nitrogens with zero attached hydrogens (tertiary/aromatic N) is 3.